The molecule has 3 N–H and O–H groups in total. The van der Waals surface area contributed by atoms with Crippen LogP contribution in [0.5, 0.6) is 5.75 Å². The molecule has 172 valence electrons. The molecule has 0 heterocycles. The fraction of sp³-hybridized carbons (Fsp3) is 0.435. The number of halogens is 2. The molecule has 6 nitrogen and oxygen atoms in total. The van der Waals surface area contributed by atoms with E-state index in [0.717, 1.165) is 28.9 Å². The van der Waals surface area contributed by atoms with Gasteiger partial charge in [-0.05, 0) is 43.2 Å². The SMILES string of the molecule is CCNC(=NCc1ccc(F)c(CO)c1)NCc1ccc(C)cc1OCCCOC.I. The lowest BCUT2D eigenvalue weighted by Crippen LogP contribution is -2.36. The van der Waals surface area contributed by atoms with Gasteiger partial charge in [0.25, 0.3) is 0 Å². The maximum Gasteiger partial charge on any atom is 0.191 e. The predicted octanol–water partition coefficient (Wildman–Crippen LogP) is 3.92. The molecular formula is C23H33FIN3O3. The summed E-state index contributed by atoms with van der Waals surface area (Å²) < 4.78 is 24.6. The molecule has 0 amide bonds. The Morgan fingerprint density at radius 1 is 1.10 bits per heavy atom. The number of hydrogen-bond donors (Lipinski definition) is 3. The lowest BCUT2D eigenvalue weighted by molar-refractivity contribution is 0.171. The van der Waals surface area contributed by atoms with E-state index < -0.39 is 5.82 Å². The fourth-order valence-electron chi connectivity index (χ4n) is 2.87. The maximum absolute atomic E-state index is 13.6. The molecule has 2 aromatic rings. The van der Waals surface area contributed by atoms with E-state index >= 15 is 0 Å². The summed E-state index contributed by atoms with van der Waals surface area (Å²) in [4.78, 5) is 4.57. The zero-order valence-corrected chi connectivity index (χ0v) is 20.7. The summed E-state index contributed by atoms with van der Waals surface area (Å²) in [5.41, 5.74) is 3.27. The molecule has 0 aromatic heterocycles. The summed E-state index contributed by atoms with van der Waals surface area (Å²) >= 11 is 0. The quantitative estimate of drug-likeness (QED) is 0.173. The largest absolute Gasteiger partial charge is 0.493 e. The van der Waals surface area contributed by atoms with E-state index in [4.69, 9.17) is 9.47 Å². The molecule has 0 spiro atoms. The van der Waals surface area contributed by atoms with Crippen LogP contribution in [0, 0.1) is 12.7 Å². The van der Waals surface area contributed by atoms with E-state index in [-0.39, 0.29) is 36.1 Å². The molecular weight excluding hydrogens is 512 g/mol. The Labute approximate surface area is 201 Å². The van der Waals surface area contributed by atoms with Crippen molar-refractivity contribution in [3.05, 3.63) is 64.5 Å². The number of nitrogens with zero attached hydrogens (tertiary/aromatic N) is 1. The number of aliphatic hydroxyl groups excluding tert-OH is 1. The van der Waals surface area contributed by atoms with Gasteiger partial charge in [-0.2, -0.15) is 0 Å². The van der Waals surface area contributed by atoms with Gasteiger partial charge in [0.1, 0.15) is 11.6 Å². The highest BCUT2D eigenvalue weighted by atomic mass is 127. The van der Waals surface area contributed by atoms with Crippen LogP contribution >= 0.6 is 24.0 Å². The first-order valence-electron chi connectivity index (χ1n) is 10.2. The number of rotatable bonds is 11. The van der Waals surface area contributed by atoms with Crippen molar-refractivity contribution in [2.45, 2.75) is 40.0 Å². The molecule has 2 aromatic carbocycles. The number of aliphatic hydroxyl groups is 1. The number of ether oxygens (including phenoxy) is 2. The average Bonchev–Trinajstić information content (AvgIpc) is 2.75. The van der Waals surface area contributed by atoms with E-state index in [2.05, 4.69) is 21.7 Å². The lowest BCUT2D eigenvalue weighted by atomic mass is 10.1. The highest BCUT2D eigenvalue weighted by molar-refractivity contribution is 14.0. The Morgan fingerprint density at radius 2 is 1.90 bits per heavy atom. The van der Waals surface area contributed by atoms with Crippen LogP contribution < -0.4 is 15.4 Å². The summed E-state index contributed by atoms with van der Waals surface area (Å²) in [7, 11) is 1.68. The second-order valence-electron chi connectivity index (χ2n) is 6.94. The van der Waals surface area contributed by atoms with Crippen LogP contribution in [-0.2, 0) is 24.4 Å². The van der Waals surface area contributed by atoms with E-state index in [9.17, 15) is 9.50 Å². The number of nitrogens with one attached hydrogen (secondary N) is 2. The van der Waals surface area contributed by atoms with Crippen molar-refractivity contribution in [3.8, 4) is 5.75 Å². The van der Waals surface area contributed by atoms with E-state index in [1.54, 1.807) is 19.2 Å². The summed E-state index contributed by atoms with van der Waals surface area (Å²) in [6, 6.07) is 10.8. The van der Waals surface area contributed by atoms with Gasteiger partial charge >= 0.3 is 0 Å². The van der Waals surface area contributed by atoms with Crippen LogP contribution in [0.2, 0.25) is 0 Å². The minimum atomic E-state index is -0.410. The molecule has 0 aliphatic heterocycles. The second kappa shape index (κ2) is 15.0. The smallest absolute Gasteiger partial charge is 0.191 e. The van der Waals surface area contributed by atoms with E-state index in [1.165, 1.54) is 6.07 Å². The minimum Gasteiger partial charge on any atom is -0.493 e. The summed E-state index contributed by atoms with van der Waals surface area (Å²) in [5, 5.41) is 15.8. The first kappa shape index (κ1) is 27.1. The molecule has 0 unspecified atom stereocenters. The summed E-state index contributed by atoms with van der Waals surface area (Å²) in [6.07, 6.45) is 0.828. The van der Waals surface area contributed by atoms with Crippen LogP contribution in [0.15, 0.2) is 41.4 Å². The molecule has 31 heavy (non-hydrogen) atoms. The zero-order chi connectivity index (χ0) is 21.8. The predicted molar refractivity (Wildman–Crippen MR) is 133 cm³/mol. The Bertz CT molecular complexity index is 834. The van der Waals surface area contributed by atoms with Gasteiger partial charge in [0.2, 0.25) is 0 Å². The van der Waals surface area contributed by atoms with Crippen molar-refractivity contribution in [2.75, 3.05) is 26.9 Å². The molecule has 0 saturated carbocycles. The Hall–Kier alpha value is -1.91. The van der Waals surface area contributed by atoms with Gasteiger partial charge in [0, 0.05) is 44.4 Å². The minimum absolute atomic E-state index is 0. The number of hydrogen-bond acceptors (Lipinski definition) is 4. The zero-order valence-electron chi connectivity index (χ0n) is 18.4. The third-order valence-corrected chi connectivity index (χ3v) is 4.46. The Balaban J connectivity index is 0.00000480. The molecule has 8 heteroatoms. The van der Waals surface area contributed by atoms with Crippen molar-refractivity contribution in [2.24, 2.45) is 4.99 Å². The van der Waals surface area contributed by atoms with E-state index in [1.807, 2.05) is 26.0 Å². The number of aryl methyl sites for hydroxylation is 1. The molecule has 0 bridgehead atoms. The Kier molecular flexibility index (Phi) is 13.1. The standard InChI is InChI=1S/C23H32FN3O3.HI/c1-4-25-23(26-14-18-7-9-21(24)20(13-18)16-28)27-15-19-8-6-17(2)12-22(19)30-11-5-10-29-3;/h6-9,12-13,28H,4-5,10-11,14-16H2,1-3H3,(H2,25,26,27);1H. The summed E-state index contributed by atoms with van der Waals surface area (Å²) in [5.74, 6) is 1.09. The summed E-state index contributed by atoms with van der Waals surface area (Å²) in [6.45, 7) is 6.60. The highest BCUT2D eigenvalue weighted by Gasteiger charge is 2.07. The lowest BCUT2D eigenvalue weighted by Gasteiger charge is -2.15. The molecule has 0 aliphatic carbocycles. The highest BCUT2D eigenvalue weighted by Crippen LogP contribution is 2.20. The topological polar surface area (TPSA) is 75.1 Å². The van der Waals surface area contributed by atoms with Crippen LogP contribution in [0.1, 0.15) is 35.6 Å². The number of aliphatic imine (C=N–C) groups is 1. The molecule has 0 radical (unpaired) electrons. The van der Waals surface area contributed by atoms with Crippen LogP contribution in [0.3, 0.4) is 0 Å². The van der Waals surface area contributed by atoms with Gasteiger partial charge in [-0.1, -0.05) is 18.2 Å². The Morgan fingerprint density at radius 3 is 2.61 bits per heavy atom. The number of methoxy groups -OCH3 is 1. The van der Waals surface area contributed by atoms with Gasteiger partial charge < -0.3 is 25.2 Å². The van der Waals surface area contributed by atoms with Gasteiger partial charge in [0.05, 0.1) is 19.8 Å². The number of benzene rings is 2. The molecule has 2 rings (SSSR count). The van der Waals surface area contributed by atoms with Crippen LogP contribution in [-0.4, -0.2) is 37.9 Å². The third kappa shape index (κ3) is 9.40. The first-order chi connectivity index (χ1) is 14.6. The van der Waals surface area contributed by atoms with Gasteiger partial charge in [-0.3, -0.25) is 0 Å². The molecule has 0 atom stereocenters. The monoisotopic (exact) mass is 545 g/mol. The van der Waals surface area contributed by atoms with Crippen molar-refractivity contribution in [1.29, 1.82) is 0 Å². The van der Waals surface area contributed by atoms with Crippen molar-refractivity contribution < 1.29 is 19.0 Å². The van der Waals surface area contributed by atoms with Crippen LogP contribution in [0.4, 0.5) is 4.39 Å². The fourth-order valence-corrected chi connectivity index (χ4v) is 2.87. The van der Waals surface area contributed by atoms with Gasteiger partial charge in [-0.25, -0.2) is 9.38 Å². The third-order valence-electron chi connectivity index (χ3n) is 4.46. The van der Waals surface area contributed by atoms with E-state index in [0.29, 0.717) is 38.8 Å². The number of guanidine groups is 1. The average molecular weight is 545 g/mol. The molecule has 0 aliphatic rings. The molecule has 0 fully saturated rings. The van der Waals surface area contributed by atoms with Crippen molar-refractivity contribution in [3.63, 3.8) is 0 Å². The van der Waals surface area contributed by atoms with Crippen LogP contribution in [0.25, 0.3) is 0 Å². The maximum atomic E-state index is 13.6. The second-order valence-corrected chi connectivity index (χ2v) is 6.94. The van der Waals surface area contributed by atoms with Gasteiger partial charge in [-0.15, -0.1) is 24.0 Å². The first-order valence-corrected chi connectivity index (χ1v) is 10.2. The normalized spacial score (nSPS) is 11.1. The molecule has 0 saturated heterocycles. The van der Waals surface area contributed by atoms with Crippen molar-refractivity contribution >= 4 is 29.9 Å². The van der Waals surface area contributed by atoms with Crippen molar-refractivity contribution in [1.82, 2.24) is 10.6 Å². The van der Waals surface area contributed by atoms with Gasteiger partial charge in [0.15, 0.2) is 5.96 Å².